The number of anilines is 1. The molecular weight excluding hydrogens is 507 g/mol. The Labute approximate surface area is 241 Å². The smallest absolute Gasteiger partial charge is 0.260 e. The standard InChI is InChI=1S/C31H35FN6O2/c1-19-15-22(31(40)35(4)5)16-25(32)28(19)21-8-12-37(13-9-21)18-23-17-24-27(7-11-34-29(24)36(23)6)38-14-10-26(33-3)20(2)30(38)39/h7-8,10-11,14-17,33H,9,12-13,18H2,1-6H3/i4D3,5D3. The van der Waals surface area contributed by atoms with Crippen molar-refractivity contribution in [2.45, 2.75) is 26.8 Å². The van der Waals surface area contributed by atoms with Gasteiger partial charge >= 0.3 is 0 Å². The second-order valence-corrected chi connectivity index (χ2v) is 10.0. The molecule has 4 aromatic rings. The molecule has 1 aliphatic heterocycles. The fourth-order valence-electron chi connectivity index (χ4n) is 5.43. The van der Waals surface area contributed by atoms with Gasteiger partial charge in [-0.25, -0.2) is 9.37 Å². The predicted octanol–water partition coefficient (Wildman–Crippen LogP) is 4.51. The molecule has 0 atom stereocenters. The first-order chi connectivity index (χ1) is 21.5. The van der Waals surface area contributed by atoms with Gasteiger partial charge in [0.1, 0.15) is 11.5 Å². The third-order valence-corrected chi connectivity index (χ3v) is 7.61. The van der Waals surface area contributed by atoms with Crippen LogP contribution < -0.4 is 10.9 Å². The Kier molecular flexibility index (Phi) is 5.54. The largest absolute Gasteiger partial charge is 0.388 e. The molecule has 5 rings (SSSR count). The van der Waals surface area contributed by atoms with Gasteiger partial charge in [0.25, 0.3) is 11.5 Å². The fraction of sp³-hybridized carbons (Fsp3) is 0.323. The second-order valence-electron chi connectivity index (χ2n) is 10.0. The van der Waals surface area contributed by atoms with E-state index in [4.69, 9.17) is 8.22 Å². The van der Waals surface area contributed by atoms with E-state index < -0.39 is 25.7 Å². The topological polar surface area (TPSA) is 75.4 Å². The minimum Gasteiger partial charge on any atom is -0.388 e. The number of halogens is 1. The summed E-state index contributed by atoms with van der Waals surface area (Å²) in [5.74, 6) is -2.01. The molecule has 40 heavy (non-hydrogen) atoms. The van der Waals surface area contributed by atoms with Gasteiger partial charge in [0.15, 0.2) is 0 Å². The van der Waals surface area contributed by atoms with Crippen molar-refractivity contribution >= 4 is 28.2 Å². The van der Waals surface area contributed by atoms with Gasteiger partial charge in [0, 0.05) is 102 Å². The van der Waals surface area contributed by atoms with Gasteiger partial charge in [0.2, 0.25) is 0 Å². The Morgan fingerprint density at radius 3 is 2.70 bits per heavy atom. The zero-order valence-electron chi connectivity index (χ0n) is 28.9. The van der Waals surface area contributed by atoms with E-state index in [9.17, 15) is 9.59 Å². The van der Waals surface area contributed by atoms with Crippen molar-refractivity contribution < 1.29 is 17.4 Å². The van der Waals surface area contributed by atoms with Crippen LogP contribution in [0.15, 0.2) is 53.6 Å². The molecule has 0 aliphatic carbocycles. The minimum atomic E-state index is -3.22. The number of pyridine rings is 2. The lowest BCUT2D eigenvalue weighted by molar-refractivity contribution is 0.0827. The number of benzene rings is 1. The van der Waals surface area contributed by atoms with Crippen LogP contribution in [0.25, 0.3) is 22.3 Å². The number of nitrogens with one attached hydrogen (secondary N) is 1. The average molecular weight is 549 g/mol. The Hall–Kier alpha value is -4.24. The summed E-state index contributed by atoms with van der Waals surface area (Å²) in [4.78, 5) is 32.6. The van der Waals surface area contributed by atoms with Gasteiger partial charge < -0.3 is 14.8 Å². The van der Waals surface area contributed by atoms with Gasteiger partial charge in [-0.1, -0.05) is 6.08 Å². The lowest BCUT2D eigenvalue weighted by Crippen LogP contribution is -2.29. The predicted molar refractivity (Wildman–Crippen MR) is 158 cm³/mol. The number of carbonyl (C=O) groups excluding carboxylic acids is 1. The molecular formula is C31H35FN6O2. The zero-order chi connectivity index (χ0) is 33.7. The summed E-state index contributed by atoms with van der Waals surface area (Å²) in [5.41, 5.74) is 4.84. The van der Waals surface area contributed by atoms with Crippen molar-refractivity contribution in [3.05, 3.63) is 92.9 Å². The molecule has 0 fully saturated rings. The molecule has 4 heterocycles. The minimum absolute atomic E-state index is 0.120. The average Bonchev–Trinajstić information content (AvgIpc) is 3.28. The molecule has 8 nitrogen and oxygen atoms in total. The van der Waals surface area contributed by atoms with E-state index in [0.717, 1.165) is 39.7 Å². The second kappa shape index (κ2) is 10.7. The lowest BCUT2D eigenvalue weighted by Gasteiger charge is -2.27. The highest BCUT2D eigenvalue weighted by molar-refractivity contribution is 5.94. The Bertz CT molecular complexity index is 1890. The summed E-state index contributed by atoms with van der Waals surface area (Å²) in [7, 11) is 3.70. The molecule has 0 radical (unpaired) electrons. The number of carbonyl (C=O) groups is 1. The molecule has 1 aliphatic rings. The number of aryl methyl sites for hydroxylation is 2. The third-order valence-electron chi connectivity index (χ3n) is 7.61. The molecule has 9 heteroatoms. The molecule has 3 aromatic heterocycles. The summed E-state index contributed by atoms with van der Waals surface area (Å²) in [6, 6.07) is 7.95. The number of fused-ring (bicyclic) bond motifs is 1. The normalized spacial score (nSPS) is 16.8. The Balaban J connectivity index is 1.38. The van der Waals surface area contributed by atoms with E-state index in [-0.39, 0.29) is 16.0 Å². The Morgan fingerprint density at radius 2 is 2.02 bits per heavy atom. The van der Waals surface area contributed by atoms with Gasteiger partial charge in [-0.3, -0.25) is 19.1 Å². The maximum atomic E-state index is 15.5. The van der Waals surface area contributed by atoms with Crippen molar-refractivity contribution in [2.24, 2.45) is 7.05 Å². The number of hydrogen-bond acceptors (Lipinski definition) is 5. The first-order valence-corrected chi connectivity index (χ1v) is 12.9. The van der Waals surface area contributed by atoms with Gasteiger partial charge in [-0.2, -0.15) is 0 Å². The van der Waals surface area contributed by atoms with Crippen LogP contribution in [0.4, 0.5) is 10.1 Å². The van der Waals surface area contributed by atoms with Crippen molar-refractivity contribution in [3.63, 3.8) is 0 Å². The van der Waals surface area contributed by atoms with Crippen molar-refractivity contribution in [2.75, 3.05) is 39.4 Å². The fourth-order valence-corrected chi connectivity index (χ4v) is 5.43. The van der Waals surface area contributed by atoms with Crippen LogP contribution in [0.3, 0.4) is 0 Å². The van der Waals surface area contributed by atoms with Gasteiger partial charge in [-0.05, 0) is 61.7 Å². The molecule has 1 aromatic carbocycles. The third kappa shape index (κ3) is 4.81. The molecule has 0 spiro atoms. The molecule has 208 valence electrons. The molecule has 1 amide bonds. The van der Waals surface area contributed by atoms with E-state index in [1.807, 2.05) is 35.9 Å². The van der Waals surface area contributed by atoms with Gasteiger partial charge in [0.05, 0.1) is 5.69 Å². The quantitative estimate of drug-likeness (QED) is 0.384. The molecule has 0 unspecified atom stereocenters. The number of nitrogens with zero attached hydrogens (tertiary/aromatic N) is 5. The maximum absolute atomic E-state index is 15.5. The van der Waals surface area contributed by atoms with E-state index >= 15 is 4.39 Å². The number of aromatic nitrogens is 3. The van der Waals surface area contributed by atoms with Crippen LogP contribution >= 0.6 is 0 Å². The van der Waals surface area contributed by atoms with Crippen molar-refractivity contribution in [3.8, 4) is 5.69 Å². The van der Waals surface area contributed by atoms with Crippen LogP contribution in [0, 0.1) is 19.7 Å². The number of amides is 1. The Morgan fingerprint density at radius 1 is 1.23 bits per heavy atom. The van der Waals surface area contributed by atoms with Crippen molar-refractivity contribution in [1.82, 2.24) is 23.9 Å². The SMILES string of the molecule is [2H]C([2H])([2H])N(C(=O)c1cc(C)c(C2=CCN(Cc3cc4c(-n5ccc(NC)c(C)c5=O)ccnc4n3C)CC2)c(F)c1)C([2H])([2H])[2H]. The summed E-state index contributed by atoms with van der Waals surface area (Å²) in [6.45, 7) is -1.34. The first kappa shape index (κ1) is 20.6. The first-order valence-electron chi connectivity index (χ1n) is 15.9. The van der Waals surface area contributed by atoms with Crippen LogP contribution in [0.2, 0.25) is 0 Å². The summed E-state index contributed by atoms with van der Waals surface area (Å²) in [5, 5.41) is 3.88. The van der Waals surface area contributed by atoms with E-state index in [1.54, 1.807) is 37.9 Å². The van der Waals surface area contributed by atoms with E-state index in [0.29, 0.717) is 42.7 Å². The summed E-state index contributed by atoms with van der Waals surface area (Å²) < 4.78 is 64.1. The summed E-state index contributed by atoms with van der Waals surface area (Å²) >= 11 is 0. The molecule has 1 N–H and O–H groups in total. The number of rotatable bonds is 6. The van der Waals surface area contributed by atoms with Gasteiger partial charge in [-0.15, -0.1) is 0 Å². The molecule has 0 bridgehead atoms. The highest BCUT2D eigenvalue weighted by Gasteiger charge is 2.22. The van der Waals surface area contributed by atoms with E-state index in [1.165, 1.54) is 6.07 Å². The maximum Gasteiger partial charge on any atom is 0.260 e. The number of hydrogen-bond donors (Lipinski definition) is 1. The van der Waals surface area contributed by atoms with Crippen LogP contribution in [0.1, 0.15) is 47.4 Å². The highest BCUT2D eigenvalue weighted by Crippen LogP contribution is 2.30. The summed E-state index contributed by atoms with van der Waals surface area (Å²) in [6.07, 6.45) is 5.87. The van der Waals surface area contributed by atoms with Crippen LogP contribution in [0.5, 0.6) is 0 Å². The highest BCUT2D eigenvalue weighted by atomic mass is 19.1. The monoisotopic (exact) mass is 548 g/mol. The van der Waals surface area contributed by atoms with Crippen LogP contribution in [-0.2, 0) is 13.6 Å². The molecule has 0 saturated heterocycles. The zero-order valence-corrected chi connectivity index (χ0v) is 22.9. The molecule has 0 saturated carbocycles. The van der Waals surface area contributed by atoms with Crippen molar-refractivity contribution in [1.29, 1.82) is 0 Å². The van der Waals surface area contributed by atoms with E-state index in [2.05, 4.69) is 15.2 Å². The van der Waals surface area contributed by atoms with Crippen LogP contribution in [-0.4, -0.2) is 63.9 Å². The lowest BCUT2D eigenvalue weighted by atomic mass is 9.93.